The highest BCUT2D eigenvalue weighted by atomic mass is 16.5. The van der Waals surface area contributed by atoms with Crippen molar-refractivity contribution in [2.45, 2.75) is 19.4 Å². The van der Waals surface area contributed by atoms with Gasteiger partial charge in [0.1, 0.15) is 0 Å². The van der Waals surface area contributed by atoms with Crippen molar-refractivity contribution in [3.63, 3.8) is 0 Å². The van der Waals surface area contributed by atoms with Gasteiger partial charge in [-0.3, -0.25) is 9.69 Å². The summed E-state index contributed by atoms with van der Waals surface area (Å²) in [5.41, 5.74) is 6.20. The molecule has 0 aromatic carbocycles. The number of nitrogens with zero attached hydrogens (tertiary/aromatic N) is 2. The van der Waals surface area contributed by atoms with Gasteiger partial charge in [0.25, 0.3) is 0 Å². The predicted molar refractivity (Wildman–Crippen MR) is 71.4 cm³/mol. The lowest BCUT2D eigenvalue weighted by Crippen LogP contribution is -2.38. The molecule has 0 spiro atoms. The lowest BCUT2D eigenvalue weighted by Gasteiger charge is -2.29. The zero-order valence-electron chi connectivity index (χ0n) is 11.1. The fourth-order valence-corrected chi connectivity index (χ4v) is 2.53. The Labute approximate surface area is 116 Å². The summed E-state index contributed by atoms with van der Waals surface area (Å²) in [7, 11) is 0. The van der Waals surface area contributed by atoms with E-state index in [2.05, 4.69) is 10.1 Å². The molecule has 0 saturated carbocycles. The summed E-state index contributed by atoms with van der Waals surface area (Å²) in [5, 5.41) is 4.05. The van der Waals surface area contributed by atoms with Crippen LogP contribution < -0.4 is 5.73 Å². The second-order valence-corrected chi connectivity index (χ2v) is 5.11. The lowest BCUT2D eigenvalue weighted by atomic mass is 9.96. The van der Waals surface area contributed by atoms with Gasteiger partial charge in [0.2, 0.25) is 11.7 Å². The number of furan rings is 1. The molecule has 2 N–H and O–H groups in total. The van der Waals surface area contributed by atoms with E-state index in [4.69, 9.17) is 14.7 Å². The maximum Gasteiger partial charge on any atom is 0.220 e. The van der Waals surface area contributed by atoms with E-state index in [9.17, 15) is 4.79 Å². The molecule has 20 heavy (non-hydrogen) atoms. The number of hydrogen-bond acceptors (Lipinski definition) is 5. The third-order valence-corrected chi connectivity index (χ3v) is 3.70. The second-order valence-electron chi connectivity index (χ2n) is 5.11. The van der Waals surface area contributed by atoms with Gasteiger partial charge in [-0.15, -0.1) is 0 Å². The number of aromatic nitrogens is 1. The number of amides is 1. The van der Waals surface area contributed by atoms with Crippen molar-refractivity contribution in [3.8, 4) is 11.5 Å². The van der Waals surface area contributed by atoms with Gasteiger partial charge in [0.05, 0.1) is 12.0 Å². The summed E-state index contributed by atoms with van der Waals surface area (Å²) >= 11 is 0. The Kier molecular flexibility index (Phi) is 3.56. The highest BCUT2D eigenvalue weighted by Crippen LogP contribution is 2.23. The van der Waals surface area contributed by atoms with Crippen LogP contribution >= 0.6 is 0 Å². The van der Waals surface area contributed by atoms with Crippen LogP contribution in [-0.4, -0.2) is 29.1 Å². The van der Waals surface area contributed by atoms with Gasteiger partial charge in [-0.05, 0) is 38.1 Å². The van der Waals surface area contributed by atoms with Gasteiger partial charge in [0.15, 0.2) is 5.76 Å². The van der Waals surface area contributed by atoms with Gasteiger partial charge in [-0.1, -0.05) is 5.16 Å². The highest BCUT2D eigenvalue weighted by molar-refractivity contribution is 5.76. The van der Waals surface area contributed by atoms with Crippen LogP contribution in [0, 0.1) is 5.92 Å². The molecule has 1 aliphatic rings. The maximum absolute atomic E-state index is 11.1. The van der Waals surface area contributed by atoms with Crippen molar-refractivity contribution < 1.29 is 13.7 Å². The van der Waals surface area contributed by atoms with Gasteiger partial charge in [-0.2, -0.15) is 0 Å². The molecule has 6 nitrogen and oxygen atoms in total. The number of primary amides is 1. The third kappa shape index (κ3) is 2.75. The molecule has 1 fully saturated rings. The average Bonchev–Trinajstić information content (AvgIpc) is 3.09. The van der Waals surface area contributed by atoms with Crippen LogP contribution in [0.15, 0.2) is 33.4 Å². The Morgan fingerprint density at radius 3 is 2.85 bits per heavy atom. The molecule has 6 heteroatoms. The first kappa shape index (κ1) is 12.9. The molecule has 1 amide bonds. The van der Waals surface area contributed by atoms with Crippen LogP contribution in [0.2, 0.25) is 0 Å². The SMILES string of the molecule is NC(=O)C1CCN(Cc2cc(-c3ccco3)on2)CC1. The fraction of sp³-hybridized carbons (Fsp3) is 0.429. The third-order valence-electron chi connectivity index (χ3n) is 3.70. The van der Waals surface area contributed by atoms with E-state index in [0.29, 0.717) is 11.5 Å². The number of carbonyl (C=O) groups excluding carboxylic acids is 1. The molecule has 0 unspecified atom stereocenters. The smallest absolute Gasteiger partial charge is 0.220 e. The summed E-state index contributed by atoms with van der Waals surface area (Å²) in [5.74, 6) is 1.14. The topological polar surface area (TPSA) is 85.5 Å². The quantitative estimate of drug-likeness (QED) is 0.916. The molecule has 1 aliphatic heterocycles. The Morgan fingerprint density at radius 1 is 1.40 bits per heavy atom. The molecular weight excluding hydrogens is 258 g/mol. The van der Waals surface area contributed by atoms with E-state index >= 15 is 0 Å². The summed E-state index contributed by atoms with van der Waals surface area (Å²) in [4.78, 5) is 13.4. The maximum atomic E-state index is 11.1. The van der Waals surface area contributed by atoms with Gasteiger partial charge in [0, 0.05) is 18.5 Å². The number of likely N-dealkylation sites (tertiary alicyclic amines) is 1. The molecule has 0 radical (unpaired) electrons. The van der Waals surface area contributed by atoms with Crippen molar-refractivity contribution in [2.24, 2.45) is 11.7 Å². The van der Waals surface area contributed by atoms with E-state index in [1.807, 2.05) is 18.2 Å². The number of carbonyl (C=O) groups is 1. The van der Waals surface area contributed by atoms with Crippen LogP contribution in [0.3, 0.4) is 0 Å². The molecular formula is C14H17N3O3. The second kappa shape index (κ2) is 5.50. The van der Waals surface area contributed by atoms with Crippen molar-refractivity contribution >= 4 is 5.91 Å². The van der Waals surface area contributed by atoms with Crippen molar-refractivity contribution in [2.75, 3.05) is 13.1 Å². The number of piperidine rings is 1. The van der Waals surface area contributed by atoms with Gasteiger partial charge in [-0.25, -0.2) is 0 Å². The largest absolute Gasteiger partial charge is 0.461 e. The molecule has 3 heterocycles. The van der Waals surface area contributed by atoms with Crippen LogP contribution in [0.25, 0.3) is 11.5 Å². The molecule has 0 bridgehead atoms. The lowest BCUT2D eigenvalue weighted by molar-refractivity contribution is -0.123. The molecule has 2 aromatic rings. The summed E-state index contributed by atoms with van der Waals surface area (Å²) < 4.78 is 10.5. The minimum Gasteiger partial charge on any atom is -0.461 e. The minimum atomic E-state index is -0.189. The summed E-state index contributed by atoms with van der Waals surface area (Å²) in [6.45, 7) is 2.43. The van der Waals surface area contributed by atoms with Crippen LogP contribution in [0.1, 0.15) is 18.5 Å². The van der Waals surface area contributed by atoms with E-state index in [-0.39, 0.29) is 11.8 Å². The molecule has 2 aromatic heterocycles. The predicted octanol–water partition coefficient (Wildman–Crippen LogP) is 1.63. The van der Waals surface area contributed by atoms with E-state index in [0.717, 1.165) is 38.2 Å². The van der Waals surface area contributed by atoms with E-state index in [1.165, 1.54) is 0 Å². The average molecular weight is 275 g/mol. The Morgan fingerprint density at radius 2 is 2.20 bits per heavy atom. The monoisotopic (exact) mass is 275 g/mol. The summed E-state index contributed by atoms with van der Waals surface area (Å²) in [6, 6.07) is 5.54. The molecule has 1 saturated heterocycles. The zero-order valence-corrected chi connectivity index (χ0v) is 11.1. The standard InChI is InChI=1S/C14H17N3O3/c15-14(18)10-3-5-17(6-4-10)9-11-8-13(20-16-11)12-2-1-7-19-12/h1-2,7-8,10H,3-6,9H2,(H2,15,18). The van der Waals surface area contributed by atoms with Crippen LogP contribution in [0.4, 0.5) is 0 Å². The zero-order chi connectivity index (χ0) is 13.9. The number of nitrogens with two attached hydrogens (primary N) is 1. The number of hydrogen-bond donors (Lipinski definition) is 1. The van der Waals surface area contributed by atoms with E-state index < -0.39 is 0 Å². The van der Waals surface area contributed by atoms with E-state index in [1.54, 1.807) is 6.26 Å². The molecule has 3 rings (SSSR count). The fourth-order valence-electron chi connectivity index (χ4n) is 2.53. The Hall–Kier alpha value is -2.08. The van der Waals surface area contributed by atoms with Crippen LogP contribution in [0.5, 0.6) is 0 Å². The van der Waals surface area contributed by atoms with Crippen molar-refractivity contribution in [3.05, 3.63) is 30.2 Å². The normalized spacial score (nSPS) is 17.4. The molecule has 106 valence electrons. The molecule has 0 aliphatic carbocycles. The Bertz CT molecular complexity index is 568. The van der Waals surface area contributed by atoms with Crippen molar-refractivity contribution in [1.82, 2.24) is 10.1 Å². The van der Waals surface area contributed by atoms with Crippen molar-refractivity contribution in [1.29, 1.82) is 0 Å². The van der Waals surface area contributed by atoms with Gasteiger partial charge < -0.3 is 14.7 Å². The Balaban J connectivity index is 1.58. The highest BCUT2D eigenvalue weighted by Gasteiger charge is 2.23. The first-order valence-electron chi connectivity index (χ1n) is 6.73. The first-order chi connectivity index (χ1) is 9.72. The minimum absolute atomic E-state index is 0.0160. The summed E-state index contributed by atoms with van der Waals surface area (Å²) in [6.07, 6.45) is 3.24. The number of rotatable bonds is 4. The first-order valence-corrected chi connectivity index (χ1v) is 6.73. The van der Waals surface area contributed by atoms with Gasteiger partial charge >= 0.3 is 0 Å². The van der Waals surface area contributed by atoms with Crippen LogP contribution in [-0.2, 0) is 11.3 Å². The molecule has 0 atom stereocenters.